The highest BCUT2D eigenvalue weighted by atomic mass is 32.1. The molecule has 32 heavy (non-hydrogen) atoms. The van der Waals surface area contributed by atoms with Gasteiger partial charge in [-0.2, -0.15) is 9.61 Å². The quantitative estimate of drug-likeness (QED) is 0.360. The third-order valence-electron chi connectivity index (χ3n) is 5.08. The van der Waals surface area contributed by atoms with Gasteiger partial charge in [-0.15, -0.1) is 10.2 Å². The molecular weight excluding hydrogens is 416 g/mol. The Morgan fingerprint density at radius 3 is 1.69 bits per heavy atom. The van der Waals surface area contributed by atoms with E-state index in [-0.39, 0.29) is 0 Å². The summed E-state index contributed by atoms with van der Waals surface area (Å²) >= 11 is 1.49. The molecule has 0 N–H and O–H groups in total. The van der Waals surface area contributed by atoms with E-state index in [9.17, 15) is 0 Å². The van der Waals surface area contributed by atoms with Crippen LogP contribution in [0.5, 0.6) is 0 Å². The van der Waals surface area contributed by atoms with Gasteiger partial charge in [0.05, 0.1) is 11.4 Å². The lowest BCUT2D eigenvalue weighted by molar-refractivity contribution is 0.948. The molecule has 0 spiro atoms. The minimum absolute atomic E-state index is 0.489. The van der Waals surface area contributed by atoms with E-state index in [1.165, 1.54) is 11.3 Å². The first-order valence-corrected chi connectivity index (χ1v) is 10.9. The van der Waals surface area contributed by atoms with Crippen molar-refractivity contribution < 1.29 is 0 Å². The lowest BCUT2D eigenvalue weighted by Gasteiger charge is -2.07. The predicted molar refractivity (Wildman–Crippen MR) is 126 cm³/mol. The van der Waals surface area contributed by atoms with Gasteiger partial charge in [0.2, 0.25) is 16.6 Å². The van der Waals surface area contributed by atoms with E-state index in [4.69, 9.17) is 15.1 Å². The third-order valence-corrected chi connectivity index (χ3v) is 6.02. The van der Waals surface area contributed by atoms with Crippen LogP contribution in [0.3, 0.4) is 0 Å². The molecule has 3 heterocycles. The van der Waals surface area contributed by atoms with Gasteiger partial charge in [-0.25, -0.2) is 9.97 Å². The molecule has 0 amide bonds. The lowest BCUT2D eigenvalue weighted by atomic mass is 10.1. The summed E-state index contributed by atoms with van der Waals surface area (Å²) in [6.07, 6.45) is 0. The minimum Gasteiger partial charge on any atom is -0.225 e. The van der Waals surface area contributed by atoms with E-state index in [1.54, 1.807) is 4.52 Å². The first kappa shape index (κ1) is 18.5. The van der Waals surface area contributed by atoms with E-state index in [2.05, 4.69) is 10.2 Å². The van der Waals surface area contributed by atoms with Crippen LogP contribution in [0.25, 0.3) is 49.7 Å². The number of benzene rings is 3. The fourth-order valence-electron chi connectivity index (χ4n) is 3.51. The Morgan fingerprint density at radius 1 is 0.594 bits per heavy atom. The van der Waals surface area contributed by atoms with Crippen LogP contribution in [0.1, 0.15) is 0 Å². The van der Waals surface area contributed by atoms with E-state index in [0.29, 0.717) is 16.6 Å². The molecule has 0 unspecified atom stereocenters. The van der Waals surface area contributed by atoms with Crippen molar-refractivity contribution in [2.45, 2.75) is 0 Å². The zero-order valence-electron chi connectivity index (χ0n) is 16.8. The van der Waals surface area contributed by atoms with E-state index in [0.717, 1.165) is 33.1 Å². The maximum Gasteiger partial charge on any atom is 0.235 e. The highest BCUT2D eigenvalue weighted by Crippen LogP contribution is 2.29. The Labute approximate surface area is 187 Å². The molecule has 6 rings (SSSR count). The number of aromatic nitrogens is 6. The van der Waals surface area contributed by atoms with Crippen LogP contribution in [-0.2, 0) is 0 Å². The summed E-state index contributed by atoms with van der Waals surface area (Å²) < 4.78 is 1.73. The van der Waals surface area contributed by atoms with Crippen LogP contribution in [0, 0.1) is 0 Å². The van der Waals surface area contributed by atoms with Crippen molar-refractivity contribution in [1.29, 1.82) is 0 Å². The van der Waals surface area contributed by atoms with Crippen LogP contribution < -0.4 is 0 Å². The van der Waals surface area contributed by atoms with Gasteiger partial charge in [0.1, 0.15) is 5.01 Å². The molecule has 0 radical (unpaired) electrons. The summed E-state index contributed by atoms with van der Waals surface area (Å²) in [5.41, 5.74) is 4.71. The van der Waals surface area contributed by atoms with Gasteiger partial charge in [-0.3, -0.25) is 0 Å². The molecular formula is C25H16N6S. The van der Waals surface area contributed by atoms with Crippen molar-refractivity contribution in [2.75, 3.05) is 0 Å². The van der Waals surface area contributed by atoms with Crippen LogP contribution in [0.15, 0.2) is 97.1 Å². The van der Waals surface area contributed by atoms with Crippen molar-refractivity contribution in [3.63, 3.8) is 0 Å². The molecule has 0 saturated heterocycles. The SMILES string of the molecule is c1ccc(-c2cc(-c3ccccc3)nc(-c3nnc4sc(-c5ccccc5)nn34)n2)cc1. The third kappa shape index (κ3) is 3.34. The maximum atomic E-state index is 4.83. The molecule has 6 aromatic rings. The Hall–Kier alpha value is -4.23. The fourth-order valence-corrected chi connectivity index (χ4v) is 4.36. The number of hydrogen-bond acceptors (Lipinski definition) is 6. The molecule has 0 saturated carbocycles. The molecule has 0 aliphatic carbocycles. The van der Waals surface area contributed by atoms with E-state index in [1.807, 2.05) is 97.1 Å². The maximum absolute atomic E-state index is 4.83. The summed E-state index contributed by atoms with van der Waals surface area (Å²) in [6.45, 7) is 0. The van der Waals surface area contributed by atoms with Crippen LogP contribution in [0.4, 0.5) is 0 Å². The van der Waals surface area contributed by atoms with Crippen molar-refractivity contribution >= 4 is 16.3 Å². The van der Waals surface area contributed by atoms with Gasteiger partial charge in [0.25, 0.3) is 0 Å². The highest BCUT2D eigenvalue weighted by Gasteiger charge is 2.18. The summed E-state index contributed by atoms with van der Waals surface area (Å²) in [5.74, 6) is 1.01. The van der Waals surface area contributed by atoms with E-state index < -0.39 is 0 Å². The molecule has 6 nitrogen and oxygen atoms in total. The molecule has 3 aromatic heterocycles. The van der Waals surface area contributed by atoms with Crippen LogP contribution in [0.2, 0.25) is 0 Å². The number of rotatable bonds is 4. The highest BCUT2D eigenvalue weighted by molar-refractivity contribution is 7.19. The van der Waals surface area contributed by atoms with Crippen molar-refractivity contribution in [2.24, 2.45) is 0 Å². The minimum atomic E-state index is 0.489. The van der Waals surface area contributed by atoms with Crippen LogP contribution >= 0.6 is 11.3 Å². The van der Waals surface area contributed by atoms with Crippen LogP contribution in [-0.4, -0.2) is 29.8 Å². The fraction of sp³-hybridized carbons (Fsp3) is 0. The van der Waals surface area contributed by atoms with Gasteiger partial charge < -0.3 is 0 Å². The van der Waals surface area contributed by atoms with Crippen molar-refractivity contribution in [3.8, 4) is 44.7 Å². The first-order valence-electron chi connectivity index (χ1n) is 10.1. The Balaban J connectivity index is 1.53. The number of hydrogen-bond donors (Lipinski definition) is 0. The summed E-state index contributed by atoms with van der Waals surface area (Å²) in [5, 5.41) is 14.3. The van der Waals surface area contributed by atoms with E-state index >= 15 is 0 Å². The van der Waals surface area contributed by atoms with Gasteiger partial charge >= 0.3 is 0 Å². The number of nitrogens with zero attached hydrogens (tertiary/aromatic N) is 6. The molecule has 0 fully saturated rings. The molecule has 152 valence electrons. The monoisotopic (exact) mass is 432 g/mol. The average Bonchev–Trinajstić information content (AvgIpc) is 3.47. The zero-order valence-corrected chi connectivity index (χ0v) is 17.6. The standard InChI is InChI=1S/C25H16N6S/c1-4-10-17(11-5-1)20-16-21(18-12-6-2-7-13-18)27-22(26-20)23-28-29-25-31(23)30-24(32-25)19-14-8-3-9-15-19/h1-16H. The van der Waals surface area contributed by atoms with Crippen molar-refractivity contribution in [1.82, 2.24) is 29.8 Å². The second-order valence-electron chi connectivity index (χ2n) is 7.19. The lowest BCUT2D eigenvalue weighted by Crippen LogP contribution is -2.00. The molecule has 0 atom stereocenters. The normalized spacial score (nSPS) is 11.1. The topological polar surface area (TPSA) is 68.9 Å². The van der Waals surface area contributed by atoms with Crippen molar-refractivity contribution in [3.05, 3.63) is 97.1 Å². The van der Waals surface area contributed by atoms with Gasteiger partial charge in [0.15, 0.2) is 0 Å². The molecule has 0 bridgehead atoms. The van der Waals surface area contributed by atoms with Gasteiger partial charge in [0, 0.05) is 16.7 Å². The molecule has 7 heteroatoms. The number of fused-ring (bicyclic) bond motifs is 1. The molecule has 0 aliphatic rings. The Morgan fingerprint density at radius 2 is 1.12 bits per heavy atom. The Kier molecular flexibility index (Phi) is 4.51. The zero-order chi connectivity index (χ0) is 21.3. The molecule has 3 aromatic carbocycles. The predicted octanol–water partition coefficient (Wildman–Crippen LogP) is 5.64. The molecule has 0 aliphatic heterocycles. The Bertz CT molecular complexity index is 1450. The second-order valence-corrected chi connectivity index (χ2v) is 8.14. The first-order chi connectivity index (χ1) is 15.8. The summed E-state index contributed by atoms with van der Waals surface area (Å²) in [6, 6.07) is 32.2. The average molecular weight is 433 g/mol. The smallest absolute Gasteiger partial charge is 0.225 e. The van der Waals surface area contributed by atoms with Gasteiger partial charge in [-0.1, -0.05) is 102 Å². The summed E-state index contributed by atoms with van der Waals surface area (Å²) in [4.78, 5) is 10.4. The second kappa shape index (κ2) is 7.79. The summed E-state index contributed by atoms with van der Waals surface area (Å²) in [7, 11) is 0. The largest absolute Gasteiger partial charge is 0.235 e. The van der Waals surface area contributed by atoms with Gasteiger partial charge in [-0.05, 0) is 6.07 Å².